The summed E-state index contributed by atoms with van der Waals surface area (Å²) in [6, 6.07) is 13.9. The van der Waals surface area contributed by atoms with Crippen molar-refractivity contribution in [1.82, 2.24) is 0 Å². The van der Waals surface area contributed by atoms with Gasteiger partial charge < -0.3 is 39.2 Å². The van der Waals surface area contributed by atoms with Crippen molar-refractivity contribution in [3.05, 3.63) is 65.2 Å². The predicted octanol–water partition coefficient (Wildman–Crippen LogP) is 3.93. The van der Waals surface area contributed by atoms with E-state index in [1.807, 2.05) is 18.2 Å². The van der Waals surface area contributed by atoms with Gasteiger partial charge in [0.2, 0.25) is 12.5 Å². The van der Waals surface area contributed by atoms with Crippen LogP contribution in [0.25, 0.3) is 0 Å². The molecule has 0 saturated carbocycles. The molecule has 3 aromatic rings. The second-order valence-corrected chi connectivity index (χ2v) is 9.08. The van der Waals surface area contributed by atoms with Gasteiger partial charge in [0.25, 0.3) is 0 Å². The largest absolute Gasteiger partial charge is 0.508 e. The number of carbonyl (C=O) groups excluding carboxylic acids is 1. The van der Waals surface area contributed by atoms with Crippen molar-refractivity contribution in [2.75, 3.05) is 32.9 Å². The topological polar surface area (TPSA) is 116 Å². The number of benzene rings is 3. The minimum absolute atomic E-state index is 0.112. The molecule has 9 heteroatoms. The van der Waals surface area contributed by atoms with Crippen molar-refractivity contribution >= 4 is 11.7 Å². The maximum Gasteiger partial charge on any atom is 0.310 e. The van der Waals surface area contributed by atoms with Crippen LogP contribution in [-0.4, -0.2) is 43.8 Å². The summed E-state index contributed by atoms with van der Waals surface area (Å²) in [4.78, 5) is 13.2. The van der Waals surface area contributed by atoms with Crippen LogP contribution in [0.4, 0.5) is 5.69 Å². The summed E-state index contributed by atoms with van der Waals surface area (Å²) in [5.74, 6) is 0.274. The second kappa shape index (κ2) is 8.44. The highest BCUT2D eigenvalue weighted by Gasteiger charge is 2.52. The van der Waals surface area contributed by atoms with Crippen molar-refractivity contribution in [2.24, 2.45) is 11.8 Å². The Morgan fingerprint density at radius 3 is 2.28 bits per heavy atom. The third-order valence-corrected chi connectivity index (χ3v) is 7.22. The number of hydrogen-bond donors (Lipinski definition) is 3. The number of methoxy groups -OCH3 is 2. The summed E-state index contributed by atoms with van der Waals surface area (Å²) in [5, 5.41) is 24.0. The molecule has 1 unspecified atom stereocenters. The van der Waals surface area contributed by atoms with Crippen molar-refractivity contribution in [3.8, 4) is 34.5 Å². The molecule has 3 aliphatic rings. The number of anilines is 1. The number of esters is 1. The van der Waals surface area contributed by atoms with Crippen LogP contribution in [0.2, 0.25) is 0 Å². The quantitative estimate of drug-likeness (QED) is 0.457. The highest BCUT2D eigenvalue weighted by atomic mass is 16.7. The summed E-state index contributed by atoms with van der Waals surface area (Å²) in [7, 11) is 2.93. The first kappa shape index (κ1) is 22.2. The fourth-order valence-corrected chi connectivity index (χ4v) is 5.62. The lowest BCUT2D eigenvalue weighted by Gasteiger charge is -2.40. The average Bonchev–Trinajstić information content (AvgIpc) is 3.49. The summed E-state index contributed by atoms with van der Waals surface area (Å²) in [5.41, 5.74) is 3.25. The van der Waals surface area contributed by atoms with E-state index >= 15 is 0 Å². The molecule has 6 rings (SSSR count). The van der Waals surface area contributed by atoms with Crippen LogP contribution in [0.15, 0.2) is 48.5 Å². The van der Waals surface area contributed by atoms with Crippen molar-refractivity contribution in [2.45, 2.75) is 12.0 Å². The molecule has 2 heterocycles. The Morgan fingerprint density at radius 2 is 1.61 bits per heavy atom. The molecule has 3 aromatic carbocycles. The zero-order valence-corrected chi connectivity index (χ0v) is 19.7. The lowest BCUT2D eigenvalue weighted by Crippen LogP contribution is -2.37. The van der Waals surface area contributed by atoms with Crippen LogP contribution < -0.4 is 24.3 Å². The van der Waals surface area contributed by atoms with Crippen LogP contribution in [0.5, 0.6) is 34.5 Å². The molecule has 186 valence electrons. The minimum Gasteiger partial charge on any atom is -0.508 e. The summed E-state index contributed by atoms with van der Waals surface area (Å²) < 4.78 is 27.8. The average molecular weight is 491 g/mol. The number of rotatable bonds is 5. The van der Waals surface area contributed by atoms with Gasteiger partial charge in [-0.15, -0.1) is 0 Å². The van der Waals surface area contributed by atoms with Gasteiger partial charge in [-0.05, 0) is 53.1 Å². The Balaban J connectivity index is 1.55. The van der Waals surface area contributed by atoms with Crippen LogP contribution in [0.1, 0.15) is 28.7 Å². The monoisotopic (exact) mass is 491 g/mol. The zero-order valence-electron chi connectivity index (χ0n) is 19.7. The maximum atomic E-state index is 13.2. The molecular weight excluding hydrogens is 466 g/mol. The van der Waals surface area contributed by atoms with Gasteiger partial charge in [0, 0.05) is 23.6 Å². The Kier molecular flexibility index (Phi) is 5.21. The second-order valence-electron chi connectivity index (χ2n) is 9.08. The van der Waals surface area contributed by atoms with E-state index in [1.165, 1.54) is 14.2 Å². The lowest BCUT2D eigenvalue weighted by molar-refractivity contribution is -0.141. The van der Waals surface area contributed by atoms with Gasteiger partial charge in [-0.2, -0.15) is 0 Å². The van der Waals surface area contributed by atoms with Crippen LogP contribution in [0, 0.1) is 11.8 Å². The highest BCUT2D eigenvalue weighted by Crippen LogP contribution is 2.56. The molecule has 0 radical (unpaired) electrons. The van der Waals surface area contributed by atoms with E-state index in [1.54, 1.807) is 30.3 Å². The molecule has 3 N–H and O–H groups in total. The molecule has 1 aliphatic carbocycles. The SMILES string of the molecule is COc1cc([C@H]2c3cc4c(cc3[C@@H](Nc3cccc(O)c3)C3COC(=O)[C@@H]32)OCO4)cc(OC)c1O. The number of hydrogen-bond acceptors (Lipinski definition) is 9. The van der Waals surface area contributed by atoms with E-state index < -0.39 is 11.8 Å². The van der Waals surface area contributed by atoms with E-state index in [2.05, 4.69) is 5.32 Å². The first-order chi connectivity index (χ1) is 17.5. The first-order valence-corrected chi connectivity index (χ1v) is 11.6. The van der Waals surface area contributed by atoms with Gasteiger partial charge in [0.05, 0.1) is 32.8 Å². The molecule has 1 fully saturated rings. The van der Waals surface area contributed by atoms with Crippen molar-refractivity contribution in [1.29, 1.82) is 0 Å². The first-order valence-electron chi connectivity index (χ1n) is 11.6. The van der Waals surface area contributed by atoms with Crippen molar-refractivity contribution < 1.29 is 38.7 Å². The third kappa shape index (κ3) is 3.42. The minimum atomic E-state index is -0.522. The molecule has 4 atom stereocenters. The van der Waals surface area contributed by atoms with Gasteiger partial charge in [0.15, 0.2) is 23.0 Å². The van der Waals surface area contributed by atoms with E-state index in [4.69, 9.17) is 23.7 Å². The number of phenolic OH excluding ortho intramolecular Hbond substituents is 2. The molecule has 0 aromatic heterocycles. The summed E-state index contributed by atoms with van der Waals surface area (Å²) >= 11 is 0. The molecule has 1 saturated heterocycles. The van der Waals surface area contributed by atoms with Crippen molar-refractivity contribution in [3.63, 3.8) is 0 Å². The number of ether oxygens (including phenoxy) is 5. The number of nitrogens with one attached hydrogen (secondary N) is 1. The van der Waals surface area contributed by atoms with Gasteiger partial charge in [-0.25, -0.2) is 0 Å². The zero-order chi connectivity index (χ0) is 25.0. The Labute approximate surface area is 207 Å². The Bertz CT molecular complexity index is 1330. The highest BCUT2D eigenvalue weighted by molar-refractivity contribution is 5.79. The number of cyclic esters (lactones) is 1. The predicted molar refractivity (Wildman–Crippen MR) is 128 cm³/mol. The van der Waals surface area contributed by atoms with E-state index in [9.17, 15) is 15.0 Å². The smallest absolute Gasteiger partial charge is 0.310 e. The number of fused-ring (bicyclic) bond motifs is 3. The molecule has 36 heavy (non-hydrogen) atoms. The molecule has 0 bridgehead atoms. The number of phenols is 2. The molecule has 0 spiro atoms. The van der Waals surface area contributed by atoms with E-state index in [0.29, 0.717) is 17.2 Å². The lowest BCUT2D eigenvalue weighted by atomic mass is 9.65. The molecule has 0 amide bonds. The Morgan fingerprint density at radius 1 is 0.917 bits per heavy atom. The number of carbonyl (C=O) groups is 1. The number of aromatic hydroxyl groups is 2. The van der Waals surface area contributed by atoms with Gasteiger partial charge in [0.1, 0.15) is 5.75 Å². The van der Waals surface area contributed by atoms with Crippen LogP contribution in [-0.2, 0) is 9.53 Å². The fraction of sp³-hybridized carbons (Fsp3) is 0.296. The summed E-state index contributed by atoms with van der Waals surface area (Å²) in [6.07, 6.45) is 0. The van der Waals surface area contributed by atoms with E-state index in [0.717, 1.165) is 16.7 Å². The van der Waals surface area contributed by atoms with Gasteiger partial charge in [-0.1, -0.05) is 6.07 Å². The fourth-order valence-electron chi connectivity index (χ4n) is 5.62. The summed E-state index contributed by atoms with van der Waals surface area (Å²) in [6.45, 7) is 0.347. The normalized spacial score (nSPS) is 23.4. The van der Waals surface area contributed by atoms with Crippen LogP contribution >= 0.6 is 0 Å². The molecular formula is C27H25NO8. The maximum absolute atomic E-state index is 13.2. The Hall–Kier alpha value is -4.27. The van der Waals surface area contributed by atoms with Gasteiger partial charge >= 0.3 is 5.97 Å². The standard InChI is InChI=1S/C27H25NO8/c1-32-21-6-13(7-22(33-2)26(21)30)23-16-9-19-20(36-12-35-19)10-17(16)25(18-11-34-27(31)24(18)23)28-14-4-3-5-15(29)8-14/h3-10,18,23-25,28-30H,11-12H2,1-2H3/t18?,23-,24-,25+/m0/s1. The van der Waals surface area contributed by atoms with Crippen LogP contribution in [0.3, 0.4) is 0 Å². The molecule has 2 aliphatic heterocycles. The van der Waals surface area contributed by atoms with E-state index in [-0.39, 0.29) is 54.3 Å². The molecule has 9 nitrogen and oxygen atoms in total. The third-order valence-electron chi connectivity index (χ3n) is 7.22. The van der Waals surface area contributed by atoms with Gasteiger partial charge in [-0.3, -0.25) is 4.79 Å².